The summed E-state index contributed by atoms with van der Waals surface area (Å²) in [5.41, 5.74) is 1.08. The van der Waals surface area contributed by atoms with E-state index in [0.29, 0.717) is 10.4 Å². The van der Waals surface area contributed by atoms with Gasteiger partial charge in [-0.25, -0.2) is 4.39 Å². The molecule has 0 aliphatic rings. The summed E-state index contributed by atoms with van der Waals surface area (Å²) < 4.78 is 19.0. The van der Waals surface area contributed by atoms with Crippen molar-refractivity contribution in [2.75, 3.05) is 19.8 Å². The van der Waals surface area contributed by atoms with Crippen LogP contribution >= 0.6 is 15.9 Å². The third kappa shape index (κ3) is 6.47. The molecule has 0 aliphatic carbocycles. The molecule has 0 heterocycles. The number of hydrogen-bond acceptors (Lipinski definition) is 2. The van der Waals surface area contributed by atoms with Crippen LogP contribution in [0, 0.1) is 11.7 Å². The molecule has 0 amide bonds. The lowest BCUT2D eigenvalue weighted by molar-refractivity contribution is 0.108. The maximum absolute atomic E-state index is 13.0. The summed E-state index contributed by atoms with van der Waals surface area (Å²) >= 11 is 3.18. The second-order valence-electron chi connectivity index (χ2n) is 4.75. The van der Waals surface area contributed by atoms with E-state index in [-0.39, 0.29) is 5.82 Å². The monoisotopic (exact) mass is 317 g/mol. The molecule has 0 atom stereocenters. The molecule has 0 saturated heterocycles. The van der Waals surface area contributed by atoms with Gasteiger partial charge in [0.2, 0.25) is 0 Å². The lowest BCUT2D eigenvalue weighted by Crippen LogP contribution is -2.17. The molecule has 1 aromatic rings. The van der Waals surface area contributed by atoms with Crippen LogP contribution in [-0.4, -0.2) is 19.8 Å². The van der Waals surface area contributed by atoms with Crippen LogP contribution in [0.5, 0.6) is 0 Å². The van der Waals surface area contributed by atoms with Crippen LogP contribution in [0.25, 0.3) is 0 Å². The van der Waals surface area contributed by atoms with Crippen molar-refractivity contribution in [1.29, 1.82) is 0 Å². The Kier molecular flexibility index (Phi) is 7.47. The molecular weight excluding hydrogens is 297 g/mol. The van der Waals surface area contributed by atoms with Gasteiger partial charge < -0.3 is 10.1 Å². The van der Waals surface area contributed by atoms with Crippen molar-refractivity contribution in [3.05, 3.63) is 34.1 Å². The number of nitrogens with one attached hydrogen (secondary N) is 1. The Morgan fingerprint density at radius 1 is 1.39 bits per heavy atom. The van der Waals surface area contributed by atoms with Crippen LogP contribution in [0.1, 0.15) is 25.8 Å². The maximum atomic E-state index is 13.0. The van der Waals surface area contributed by atoms with E-state index >= 15 is 0 Å². The minimum atomic E-state index is -0.221. The Morgan fingerprint density at radius 2 is 2.17 bits per heavy atom. The predicted molar refractivity (Wildman–Crippen MR) is 76.1 cm³/mol. The van der Waals surface area contributed by atoms with E-state index in [0.717, 1.165) is 38.3 Å². The van der Waals surface area contributed by atoms with Crippen LogP contribution < -0.4 is 5.32 Å². The van der Waals surface area contributed by atoms with Crippen LogP contribution in [0.15, 0.2) is 22.7 Å². The summed E-state index contributed by atoms with van der Waals surface area (Å²) in [7, 11) is 0. The first kappa shape index (κ1) is 15.6. The third-order valence-electron chi connectivity index (χ3n) is 2.41. The fourth-order valence-corrected chi connectivity index (χ4v) is 1.93. The summed E-state index contributed by atoms with van der Waals surface area (Å²) in [5, 5.41) is 3.31. The SMILES string of the molecule is CC(C)COCCCNCc1ccc(F)c(Br)c1. The maximum Gasteiger partial charge on any atom is 0.137 e. The van der Waals surface area contributed by atoms with Crippen molar-refractivity contribution in [1.82, 2.24) is 5.32 Å². The second kappa shape index (κ2) is 8.62. The van der Waals surface area contributed by atoms with Gasteiger partial charge in [-0.2, -0.15) is 0 Å². The van der Waals surface area contributed by atoms with Crippen molar-refractivity contribution in [2.45, 2.75) is 26.8 Å². The standard InChI is InChI=1S/C14H21BrFNO/c1-11(2)10-18-7-3-6-17-9-12-4-5-14(16)13(15)8-12/h4-5,8,11,17H,3,6-7,9-10H2,1-2H3. The van der Waals surface area contributed by atoms with E-state index in [1.807, 2.05) is 0 Å². The zero-order chi connectivity index (χ0) is 13.4. The van der Waals surface area contributed by atoms with Gasteiger partial charge >= 0.3 is 0 Å². The van der Waals surface area contributed by atoms with Gasteiger partial charge in [0.25, 0.3) is 0 Å². The Bertz CT molecular complexity index is 358. The topological polar surface area (TPSA) is 21.3 Å². The molecular formula is C14H21BrFNO. The summed E-state index contributed by atoms with van der Waals surface area (Å²) in [5.74, 6) is 0.371. The highest BCUT2D eigenvalue weighted by Gasteiger charge is 2.00. The Hall–Kier alpha value is -0.450. The molecule has 0 aliphatic heterocycles. The fraction of sp³-hybridized carbons (Fsp3) is 0.571. The Labute approximate surface area is 117 Å². The second-order valence-corrected chi connectivity index (χ2v) is 5.60. The lowest BCUT2D eigenvalue weighted by atomic mass is 10.2. The molecule has 1 N–H and O–H groups in total. The van der Waals surface area contributed by atoms with Gasteiger partial charge in [0.15, 0.2) is 0 Å². The average molecular weight is 318 g/mol. The van der Waals surface area contributed by atoms with Crippen molar-refractivity contribution in [3.8, 4) is 0 Å². The molecule has 1 aromatic carbocycles. The Morgan fingerprint density at radius 3 is 2.83 bits per heavy atom. The average Bonchev–Trinajstić information content (AvgIpc) is 2.32. The molecule has 2 nitrogen and oxygen atoms in total. The van der Waals surface area contributed by atoms with Crippen molar-refractivity contribution >= 4 is 15.9 Å². The summed E-state index contributed by atoms with van der Waals surface area (Å²) in [6, 6.07) is 5.08. The Balaban J connectivity index is 2.09. The van der Waals surface area contributed by atoms with Gasteiger partial charge in [0.1, 0.15) is 5.82 Å². The zero-order valence-corrected chi connectivity index (χ0v) is 12.6. The van der Waals surface area contributed by atoms with Crippen LogP contribution in [-0.2, 0) is 11.3 Å². The molecule has 1 rings (SSSR count). The van der Waals surface area contributed by atoms with Gasteiger partial charge in [-0.05, 0) is 52.5 Å². The number of hydrogen-bond donors (Lipinski definition) is 1. The van der Waals surface area contributed by atoms with Crippen LogP contribution in [0.2, 0.25) is 0 Å². The lowest BCUT2D eigenvalue weighted by Gasteiger charge is -2.08. The first-order valence-corrected chi connectivity index (χ1v) is 7.11. The highest BCUT2D eigenvalue weighted by atomic mass is 79.9. The molecule has 102 valence electrons. The van der Waals surface area contributed by atoms with E-state index in [9.17, 15) is 4.39 Å². The van der Waals surface area contributed by atoms with Crippen LogP contribution in [0.3, 0.4) is 0 Å². The molecule has 0 spiro atoms. The number of rotatable bonds is 8. The van der Waals surface area contributed by atoms with Gasteiger partial charge in [0, 0.05) is 19.8 Å². The quantitative estimate of drug-likeness (QED) is 0.737. The first-order chi connectivity index (χ1) is 8.59. The van der Waals surface area contributed by atoms with E-state index in [2.05, 4.69) is 35.1 Å². The number of halogens is 2. The first-order valence-electron chi connectivity index (χ1n) is 6.32. The summed E-state index contributed by atoms with van der Waals surface area (Å²) in [6.07, 6.45) is 0.995. The van der Waals surface area contributed by atoms with Crippen molar-refractivity contribution in [3.63, 3.8) is 0 Å². The number of benzene rings is 1. The van der Waals surface area contributed by atoms with E-state index in [1.54, 1.807) is 12.1 Å². The zero-order valence-electron chi connectivity index (χ0n) is 11.0. The third-order valence-corrected chi connectivity index (χ3v) is 3.01. The van der Waals surface area contributed by atoms with Crippen molar-refractivity contribution in [2.24, 2.45) is 5.92 Å². The summed E-state index contributed by atoms with van der Waals surface area (Å²) in [6.45, 7) is 7.56. The molecule has 0 radical (unpaired) electrons. The minimum Gasteiger partial charge on any atom is -0.381 e. The van der Waals surface area contributed by atoms with Gasteiger partial charge in [-0.15, -0.1) is 0 Å². The smallest absolute Gasteiger partial charge is 0.137 e. The van der Waals surface area contributed by atoms with E-state index < -0.39 is 0 Å². The molecule has 0 aromatic heterocycles. The molecule has 0 saturated carbocycles. The van der Waals surface area contributed by atoms with Crippen LogP contribution in [0.4, 0.5) is 4.39 Å². The summed E-state index contributed by atoms with van der Waals surface area (Å²) in [4.78, 5) is 0. The van der Waals surface area contributed by atoms with Gasteiger partial charge in [-0.1, -0.05) is 19.9 Å². The fourth-order valence-electron chi connectivity index (χ4n) is 1.50. The number of ether oxygens (including phenoxy) is 1. The minimum absolute atomic E-state index is 0.221. The molecule has 0 bridgehead atoms. The normalized spacial score (nSPS) is 11.2. The molecule has 18 heavy (non-hydrogen) atoms. The van der Waals surface area contributed by atoms with Crippen molar-refractivity contribution < 1.29 is 9.13 Å². The molecule has 4 heteroatoms. The predicted octanol–water partition coefficient (Wildman–Crippen LogP) is 3.74. The van der Waals surface area contributed by atoms with Gasteiger partial charge in [-0.3, -0.25) is 0 Å². The van der Waals surface area contributed by atoms with E-state index in [1.165, 1.54) is 6.07 Å². The molecule has 0 unspecified atom stereocenters. The van der Waals surface area contributed by atoms with Gasteiger partial charge in [0.05, 0.1) is 4.47 Å². The molecule has 0 fully saturated rings. The largest absolute Gasteiger partial charge is 0.381 e. The highest BCUT2D eigenvalue weighted by Crippen LogP contribution is 2.16. The highest BCUT2D eigenvalue weighted by molar-refractivity contribution is 9.10. The van der Waals surface area contributed by atoms with E-state index in [4.69, 9.17) is 4.74 Å².